The molecular formula is C14H15BrN2OS. The summed E-state index contributed by atoms with van der Waals surface area (Å²) in [6, 6.07) is 9.94. The predicted molar refractivity (Wildman–Crippen MR) is 83.5 cm³/mol. The quantitative estimate of drug-likeness (QED) is 0.875. The van der Waals surface area contributed by atoms with E-state index >= 15 is 0 Å². The number of aryl methyl sites for hydroxylation is 1. The number of anilines is 1. The SMILES string of the molecule is Cc1ccc(NCC(=O)NCc2cccs2)cc1Br. The van der Waals surface area contributed by atoms with Crippen molar-refractivity contribution in [3.63, 3.8) is 0 Å². The highest BCUT2D eigenvalue weighted by Crippen LogP contribution is 2.20. The van der Waals surface area contributed by atoms with E-state index in [2.05, 4.69) is 26.6 Å². The first kappa shape index (κ1) is 14.1. The molecule has 1 amide bonds. The molecule has 3 nitrogen and oxygen atoms in total. The monoisotopic (exact) mass is 338 g/mol. The number of amides is 1. The lowest BCUT2D eigenvalue weighted by Gasteiger charge is -2.08. The third-order valence-corrected chi connectivity index (χ3v) is 4.40. The van der Waals surface area contributed by atoms with Crippen molar-refractivity contribution in [1.29, 1.82) is 0 Å². The zero-order valence-electron chi connectivity index (χ0n) is 10.6. The van der Waals surface area contributed by atoms with Crippen molar-refractivity contribution in [2.24, 2.45) is 0 Å². The van der Waals surface area contributed by atoms with Gasteiger partial charge >= 0.3 is 0 Å². The number of halogens is 1. The highest BCUT2D eigenvalue weighted by atomic mass is 79.9. The average Bonchev–Trinajstić information content (AvgIpc) is 2.91. The molecule has 2 rings (SSSR count). The summed E-state index contributed by atoms with van der Waals surface area (Å²) in [5.74, 6) is -0.00917. The van der Waals surface area contributed by atoms with E-state index in [9.17, 15) is 4.79 Å². The number of carbonyl (C=O) groups excluding carboxylic acids is 1. The van der Waals surface area contributed by atoms with E-state index in [1.54, 1.807) is 11.3 Å². The summed E-state index contributed by atoms with van der Waals surface area (Å²) in [5.41, 5.74) is 2.11. The summed E-state index contributed by atoms with van der Waals surface area (Å²) in [6.45, 7) is 2.90. The molecule has 5 heteroatoms. The first-order chi connectivity index (χ1) is 9.15. The number of nitrogens with one attached hydrogen (secondary N) is 2. The lowest BCUT2D eigenvalue weighted by atomic mass is 10.2. The number of hydrogen-bond donors (Lipinski definition) is 2. The van der Waals surface area contributed by atoms with Gasteiger partial charge in [0.1, 0.15) is 0 Å². The van der Waals surface area contributed by atoms with Gasteiger partial charge in [-0.25, -0.2) is 0 Å². The lowest BCUT2D eigenvalue weighted by molar-refractivity contribution is -0.119. The summed E-state index contributed by atoms with van der Waals surface area (Å²) in [6.07, 6.45) is 0. The number of hydrogen-bond acceptors (Lipinski definition) is 3. The largest absolute Gasteiger partial charge is 0.376 e. The van der Waals surface area contributed by atoms with Crippen LogP contribution in [-0.4, -0.2) is 12.5 Å². The molecule has 2 N–H and O–H groups in total. The Kier molecular flexibility index (Phi) is 4.99. The van der Waals surface area contributed by atoms with E-state index in [1.807, 2.05) is 42.6 Å². The predicted octanol–water partition coefficient (Wildman–Crippen LogP) is 3.55. The fraction of sp³-hybridized carbons (Fsp3) is 0.214. The third kappa shape index (κ3) is 4.36. The van der Waals surface area contributed by atoms with Gasteiger partial charge < -0.3 is 10.6 Å². The number of rotatable bonds is 5. The van der Waals surface area contributed by atoms with Crippen molar-refractivity contribution in [2.75, 3.05) is 11.9 Å². The van der Waals surface area contributed by atoms with E-state index in [0.717, 1.165) is 15.0 Å². The number of benzene rings is 1. The summed E-state index contributed by atoms with van der Waals surface area (Å²) in [4.78, 5) is 12.8. The molecule has 0 radical (unpaired) electrons. The van der Waals surface area contributed by atoms with E-state index in [-0.39, 0.29) is 12.5 Å². The molecule has 0 aliphatic heterocycles. The highest BCUT2D eigenvalue weighted by molar-refractivity contribution is 9.10. The Morgan fingerprint density at radius 1 is 1.37 bits per heavy atom. The number of thiophene rings is 1. The van der Waals surface area contributed by atoms with Crippen molar-refractivity contribution in [3.05, 3.63) is 50.6 Å². The van der Waals surface area contributed by atoms with Crippen molar-refractivity contribution in [3.8, 4) is 0 Å². The Hall–Kier alpha value is -1.33. The van der Waals surface area contributed by atoms with E-state index < -0.39 is 0 Å². The number of carbonyl (C=O) groups is 1. The molecule has 0 aliphatic rings. The Morgan fingerprint density at radius 2 is 2.21 bits per heavy atom. The van der Waals surface area contributed by atoms with Gasteiger partial charge in [-0.1, -0.05) is 28.1 Å². The minimum atomic E-state index is -0.00917. The average molecular weight is 339 g/mol. The second-order valence-electron chi connectivity index (χ2n) is 4.17. The molecule has 0 aliphatic carbocycles. The summed E-state index contributed by atoms with van der Waals surface area (Å²) in [5, 5.41) is 7.99. The van der Waals surface area contributed by atoms with Crippen LogP contribution in [0.15, 0.2) is 40.2 Å². The smallest absolute Gasteiger partial charge is 0.239 e. The molecule has 1 aromatic carbocycles. The fourth-order valence-corrected chi connectivity index (χ4v) is 2.57. The van der Waals surface area contributed by atoms with Gasteiger partial charge in [0.25, 0.3) is 0 Å². The standard InChI is InChI=1S/C14H15BrN2OS/c1-10-4-5-11(7-13(10)15)16-9-14(18)17-8-12-3-2-6-19-12/h2-7,16H,8-9H2,1H3,(H,17,18). The van der Waals surface area contributed by atoms with Gasteiger partial charge in [0.2, 0.25) is 5.91 Å². The fourth-order valence-electron chi connectivity index (χ4n) is 1.55. The van der Waals surface area contributed by atoms with Crippen molar-refractivity contribution < 1.29 is 4.79 Å². The van der Waals surface area contributed by atoms with Crippen molar-refractivity contribution in [2.45, 2.75) is 13.5 Å². The third-order valence-electron chi connectivity index (χ3n) is 2.66. The zero-order valence-corrected chi connectivity index (χ0v) is 13.0. The van der Waals surface area contributed by atoms with Crippen LogP contribution in [0.3, 0.4) is 0 Å². The van der Waals surface area contributed by atoms with Gasteiger partial charge in [-0.05, 0) is 36.1 Å². The Labute approximate surface area is 125 Å². The van der Waals surface area contributed by atoms with E-state index in [1.165, 1.54) is 5.56 Å². The maximum atomic E-state index is 11.7. The minimum absolute atomic E-state index is 0.00917. The molecular weight excluding hydrogens is 324 g/mol. The molecule has 0 saturated heterocycles. The highest BCUT2D eigenvalue weighted by Gasteiger charge is 2.03. The molecule has 2 aromatic rings. The molecule has 0 spiro atoms. The molecule has 0 unspecified atom stereocenters. The Balaban J connectivity index is 1.78. The van der Waals surface area contributed by atoms with Crippen LogP contribution in [0, 0.1) is 6.92 Å². The van der Waals surface area contributed by atoms with Crippen LogP contribution in [0.25, 0.3) is 0 Å². The molecule has 0 atom stereocenters. The van der Waals surface area contributed by atoms with E-state index in [0.29, 0.717) is 6.54 Å². The van der Waals surface area contributed by atoms with Crippen LogP contribution in [0.4, 0.5) is 5.69 Å². The second-order valence-corrected chi connectivity index (χ2v) is 6.06. The second kappa shape index (κ2) is 6.73. The first-order valence-electron chi connectivity index (χ1n) is 5.94. The van der Waals surface area contributed by atoms with Gasteiger partial charge in [0.15, 0.2) is 0 Å². The van der Waals surface area contributed by atoms with Crippen molar-refractivity contribution >= 4 is 38.9 Å². The van der Waals surface area contributed by atoms with Gasteiger partial charge in [-0.3, -0.25) is 4.79 Å². The Bertz CT molecular complexity index is 555. The van der Waals surface area contributed by atoms with Crippen LogP contribution in [-0.2, 0) is 11.3 Å². The molecule has 0 bridgehead atoms. The minimum Gasteiger partial charge on any atom is -0.376 e. The zero-order chi connectivity index (χ0) is 13.7. The lowest BCUT2D eigenvalue weighted by Crippen LogP contribution is -2.29. The van der Waals surface area contributed by atoms with Crippen LogP contribution in [0.1, 0.15) is 10.4 Å². The molecule has 0 saturated carbocycles. The van der Waals surface area contributed by atoms with Crippen LogP contribution in [0.2, 0.25) is 0 Å². The molecule has 100 valence electrons. The molecule has 0 fully saturated rings. The summed E-state index contributed by atoms with van der Waals surface area (Å²) >= 11 is 5.11. The van der Waals surface area contributed by atoms with Crippen LogP contribution >= 0.6 is 27.3 Å². The molecule has 19 heavy (non-hydrogen) atoms. The molecule has 1 heterocycles. The van der Waals surface area contributed by atoms with Crippen LogP contribution in [0.5, 0.6) is 0 Å². The summed E-state index contributed by atoms with van der Waals surface area (Å²) < 4.78 is 1.04. The van der Waals surface area contributed by atoms with Crippen LogP contribution < -0.4 is 10.6 Å². The maximum absolute atomic E-state index is 11.7. The topological polar surface area (TPSA) is 41.1 Å². The molecule has 1 aromatic heterocycles. The first-order valence-corrected chi connectivity index (χ1v) is 7.61. The van der Waals surface area contributed by atoms with Gasteiger partial charge in [0.05, 0.1) is 13.1 Å². The van der Waals surface area contributed by atoms with E-state index in [4.69, 9.17) is 0 Å². The normalized spacial score (nSPS) is 10.2. The van der Waals surface area contributed by atoms with Crippen molar-refractivity contribution in [1.82, 2.24) is 5.32 Å². The van der Waals surface area contributed by atoms with Gasteiger partial charge in [-0.2, -0.15) is 0 Å². The van der Waals surface area contributed by atoms with Gasteiger partial charge in [0, 0.05) is 15.0 Å². The Morgan fingerprint density at radius 3 is 2.89 bits per heavy atom. The van der Waals surface area contributed by atoms with Gasteiger partial charge in [-0.15, -0.1) is 11.3 Å². The summed E-state index contributed by atoms with van der Waals surface area (Å²) in [7, 11) is 0. The maximum Gasteiger partial charge on any atom is 0.239 e.